The number of ether oxygens (including phenoxy) is 1. The third kappa shape index (κ3) is 3.48. The van der Waals surface area contributed by atoms with Crippen LogP contribution >= 0.6 is 0 Å². The second-order valence-corrected chi connectivity index (χ2v) is 6.50. The van der Waals surface area contributed by atoms with E-state index in [-0.39, 0.29) is 17.5 Å². The zero-order valence-corrected chi connectivity index (χ0v) is 13.4. The molecule has 1 unspecified atom stereocenters. The summed E-state index contributed by atoms with van der Waals surface area (Å²) >= 11 is 0. The second-order valence-electron chi connectivity index (χ2n) is 6.50. The van der Waals surface area contributed by atoms with Gasteiger partial charge in [-0.15, -0.1) is 0 Å². The number of carbonyl (C=O) groups is 1. The van der Waals surface area contributed by atoms with Crippen LogP contribution in [0.15, 0.2) is 24.3 Å². The van der Waals surface area contributed by atoms with Crippen LogP contribution in [0.5, 0.6) is 0 Å². The van der Waals surface area contributed by atoms with Crippen LogP contribution in [-0.4, -0.2) is 59.4 Å². The molecule has 5 nitrogen and oxygen atoms in total. The summed E-state index contributed by atoms with van der Waals surface area (Å²) in [5.41, 5.74) is 0.838. The second kappa shape index (κ2) is 6.45. The minimum absolute atomic E-state index is 0.189. The van der Waals surface area contributed by atoms with Gasteiger partial charge < -0.3 is 14.7 Å². The lowest BCUT2D eigenvalue weighted by molar-refractivity contribution is -0.140. The summed E-state index contributed by atoms with van der Waals surface area (Å²) < 4.78 is 19.1. The number of rotatable bonds is 2. The first kappa shape index (κ1) is 16.2. The fourth-order valence-corrected chi connectivity index (χ4v) is 3.56. The van der Waals surface area contributed by atoms with Gasteiger partial charge in [0, 0.05) is 32.2 Å². The average Bonchev–Trinajstić information content (AvgIpc) is 2.55. The fraction of sp³-hybridized carbons (Fsp3) is 0.588. The van der Waals surface area contributed by atoms with Crippen molar-refractivity contribution in [1.29, 1.82) is 0 Å². The Kier molecular flexibility index (Phi) is 4.55. The Morgan fingerprint density at radius 2 is 1.91 bits per heavy atom. The molecule has 2 aliphatic rings. The zero-order valence-electron chi connectivity index (χ0n) is 13.4. The van der Waals surface area contributed by atoms with E-state index in [4.69, 9.17) is 9.84 Å². The molecule has 126 valence electrons. The molecular formula is C17H23FN2O3. The van der Waals surface area contributed by atoms with Crippen molar-refractivity contribution in [3.63, 3.8) is 0 Å². The molecule has 1 N–H and O–H groups in total. The van der Waals surface area contributed by atoms with Gasteiger partial charge in [-0.3, -0.25) is 4.90 Å². The predicted octanol–water partition coefficient (Wildman–Crippen LogP) is 2.73. The zero-order chi connectivity index (χ0) is 16.4. The number of benzene rings is 1. The molecule has 2 aliphatic heterocycles. The predicted molar refractivity (Wildman–Crippen MR) is 83.9 cm³/mol. The Bertz CT molecular complexity index is 555. The van der Waals surface area contributed by atoms with Crippen LogP contribution in [0.4, 0.5) is 9.18 Å². The molecular weight excluding hydrogens is 299 g/mol. The van der Waals surface area contributed by atoms with E-state index in [1.54, 1.807) is 0 Å². The van der Waals surface area contributed by atoms with Crippen molar-refractivity contribution in [1.82, 2.24) is 9.80 Å². The van der Waals surface area contributed by atoms with Crippen molar-refractivity contribution < 1.29 is 19.0 Å². The van der Waals surface area contributed by atoms with Crippen molar-refractivity contribution in [3.05, 3.63) is 35.6 Å². The maximum atomic E-state index is 13.1. The van der Waals surface area contributed by atoms with Gasteiger partial charge in [-0.1, -0.05) is 12.1 Å². The lowest BCUT2D eigenvalue weighted by Crippen LogP contribution is -2.57. The average molecular weight is 322 g/mol. The first-order valence-electron chi connectivity index (χ1n) is 8.10. The van der Waals surface area contributed by atoms with Gasteiger partial charge in [0.05, 0.1) is 12.2 Å². The topological polar surface area (TPSA) is 53.0 Å². The molecule has 0 aliphatic carbocycles. The molecule has 1 spiro atoms. The summed E-state index contributed by atoms with van der Waals surface area (Å²) in [6.45, 7) is 5.45. The van der Waals surface area contributed by atoms with Gasteiger partial charge in [0.25, 0.3) is 0 Å². The maximum Gasteiger partial charge on any atom is 0.407 e. The van der Waals surface area contributed by atoms with Gasteiger partial charge in [-0.25, -0.2) is 9.18 Å². The minimum atomic E-state index is -0.854. The van der Waals surface area contributed by atoms with Crippen LogP contribution in [0.3, 0.4) is 0 Å². The summed E-state index contributed by atoms with van der Waals surface area (Å²) in [5.74, 6) is -0.222. The summed E-state index contributed by atoms with van der Waals surface area (Å²) in [6, 6.07) is 6.83. The Labute approximate surface area is 135 Å². The van der Waals surface area contributed by atoms with Crippen molar-refractivity contribution in [3.8, 4) is 0 Å². The molecule has 0 bridgehead atoms. The number of nitrogens with zero attached hydrogens (tertiary/aromatic N) is 2. The lowest BCUT2D eigenvalue weighted by atomic mass is 9.88. The van der Waals surface area contributed by atoms with E-state index >= 15 is 0 Å². The summed E-state index contributed by atoms with van der Waals surface area (Å²) in [4.78, 5) is 14.9. The molecule has 1 aromatic carbocycles. The van der Waals surface area contributed by atoms with Crippen LogP contribution < -0.4 is 0 Å². The number of halogens is 1. The van der Waals surface area contributed by atoms with Crippen LogP contribution in [0.25, 0.3) is 0 Å². The molecule has 23 heavy (non-hydrogen) atoms. The van der Waals surface area contributed by atoms with Gasteiger partial charge in [-0.05, 0) is 37.5 Å². The molecule has 1 atom stereocenters. The number of likely N-dealkylation sites (tertiary alicyclic amines) is 1. The molecule has 3 rings (SSSR count). The van der Waals surface area contributed by atoms with Gasteiger partial charge >= 0.3 is 6.09 Å². The quantitative estimate of drug-likeness (QED) is 0.910. The van der Waals surface area contributed by atoms with Crippen molar-refractivity contribution in [2.24, 2.45) is 0 Å². The Morgan fingerprint density at radius 1 is 1.26 bits per heavy atom. The third-order valence-corrected chi connectivity index (χ3v) is 5.12. The van der Waals surface area contributed by atoms with Crippen LogP contribution in [0.2, 0.25) is 0 Å². The van der Waals surface area contributed by atoms with E-state index in [0.717, 1.165) is 31.5 Å². The molecule has 1 aromatic rings. The normalized spacial score (nSPS) is 23.0. The highest BCUT2D eigenvalue weighted by molar-refractivity contribution is 5.65. The standard InChI is InChI=1S/C17H23FN2O3/c1-13(14-2-4-15(18)5-3-14)20-10-11-23-17(12-20)6-8-19(9-7-17)16(21)22/h2-5,13H,6-12H2,1H3,(H,21,22). The SMILES string of the molecule is CC(c1ccc(F)cc1)N1CCOC2(CCN(C(=O)O)CC2)C1. The van der Waals surface area contributed by atoms with Crippen molar-refractivity contribution in [2.45, 2.75) is 31.4 Å². The Balaban J connectivity index is 1.66. The lowest BCUT2D eigenvalue weighted by Gasteiger charge is -2.48. The van der Waals surface area contributed by atoms with E-state index in [1.807, 2.05) is 12.1 Å². The number of hydrogen-bond acceptors (Lipinski definition) is 3. The number of morpholine rings is 1. The molecule has 0 aromatic heterocycles. The van der Waals surface area contributed by atoms with Crippen molar-refractivity contribution in [2.75, 3.05) is 32.8 Å². The van der Waals surface area contributed by atoms with E-state index in [2.05, 4.69) is 11.8 Å². The maximum absolute atomic E-state index is 13.1. The number of piperidine rings is 1. The third-order valence-electron chi connectivity index (χ3n) is 5.12. The highest BCUT2D eigenvalue weighted by Crippen LogP contribution is 2.33. The fourth-order valence-electron chi connectivity index (χ4n) is 3.56. The number of carboxylic acid groups (broad SMARTS) is 1. The monoisotopic (exact) mass is 322 g/mol. The first-order valence-corrected chi connectivity index (χ1v) is 8.10. The van der Waals surface area contributed by atoms with Gasteiger partial charge in [0.15, 0.2) is 0 Å². The summed E-state index contributed by atoms with van der Waals surface area (Å²) in [5, 5.41) is 9.08. The molecule has 2 heterocycles. The molecule has 0 saturated carbocycles. The van der Waals surface area contributed by atoms with Crippen LogP contribution in [-0.2, 0) is 4.74 Å². The highest BCUT2D eigenvalue weighted by atomic mass is 19.1. The summed E-state index contributed by atoms with van der Waals surface area (Å²) in [7, 11) is 0. The Morgan fingerprint density at radius 3 is 2.52 bits per heavy atom. The number of hydrogen-bond donors (Lipinski definition) is 1. The van der Waals surface area contributed by atoms with E-state index < -0.39 is 6.09 Å². The van der Waals surface area contributed by atoms with E-state index in [9.17, 15) is 9.18 Å². The molecule has 1 amide bonds. The largest absolute Gasteiger partial charge is 0.465 e. The highest BCUT2D eigenvalue weighted by Gasteiger charge is 2.41. The minimum Gasteiger partial charge on any atom is -0.465 e. The molecule has 0 radical (unpaired) electrons. The smallest absolute Gasteiger partial charge is 0.407 e. The van der Waals surface area contributed by atoms with Gasteiger partial charge in [-0.2, -0.15) is 0 Å². The molecule has 6 heteroatoms. The first-order chi connectivity index (χ1) is 11.0. The van der Waals surface area contributed by atoms with Crippen molar-refractivity contribution >= 4 is 6.09 Å². The van der Waals surface area contributed by atoms with E-state index in [1.165, 1.54) is 17.0 Å². The Hall–Kier alpha value is -1.66. The van der Waals surface area contributed by atoms with Gasteiger partial charge in [0.1, 0.15) is 5.82 Å². The van der Waals surface area contributed by atoms with Gasteiger partial charge in [0.2, 0.25) is 0 Å². The molecule has 2 saturated heterocycles. The number of amides is 1. The molecule has 2 fully saturated rings. The summed E-state index contributed by atoms with van der Waals surface area (Å²) in [6.07, 6.45) is 0.602. The van der Waals surface area contributed by atoms with Crippen LogP contribution in [0, 0.1) is 5.82 Å². The van der Waals surface area contributed by atoms with E-state index in [0.29, 0.717) is 19.7 Å². The van der Waals surface area contributed by atoms with Crippen LogP contribution in [0.1, 0.15) is 31.4 Å².